The molecule has 0 unspecified atom stereocenters. The van der Waals surface area contributed by atoms with Crippen LogP contribution in [0.2, 0.25) is 0 Å². The first-order valence-electron chi connectivity index (χ1n) is 8.14. The zero-order chi connectivity index (χ0) is 18.4. The summed E-state index contributed by atoms with van der Waals surface area (Å²) in [6.07, 6.45) is -2.82. The van der Waals surface area contributed by atoms with Gasteiger partial charge in [-0.05, 0) is 31.9 Å². The van der Waals surface area contributed by atoms with Gasteiger partial charge in [-0.25, -0.2) is 4.98 Å². The van der Waals surface area contributed by atoms with Crippen LogP contribution >= 0.6 is 0 Å². The molecule has 0 aromatic carbocycles. The van der Waals surface area contributed by atoms with Gasteiger partial charge in [-0.1, -0.05) is 19.9 Å². The molecule has 2 heterocycles. The molecule has 0 fully saturated rings. The molecular formula is C16H21F3N6. The summed E-state index contributed by atoms with van der Waals surface area (Å²) in [4.78, 5) is 16.3. The molecule has 2 rings (SSSR count). The standard InChI is InChI=1S/C16H21F3N6/c1-4-9-20-14-23-13(24-15(25-14)21-10(3)5-2)11-7-6-8-12(22-11)16(17,18)19/h6-8,10H,4-5,9H2,1-3H3,(H2,20,21,23,24,25)/t10-/m1/s1. The van der Waals surface area contributed by atoms with Crippen molar-refractivity contribution >= 4 is 11.9 Å². The van der Waals surface area contributed by atoms with Gasteiger partial charge in [0.2, 0.25) is 11.9 Å². The molecule has 2 N–H and O–H groups in total. The molecule has 0 aliphatic heterocycles. The Morgan fingerprint density at radius 2 is 1.76 bits per heavy atom. The van der Waals surface area contributed by atoms with Gasteiger partial charge in [0.15, 0.2) is 5.82 Å². The van der Waals surface area contributed by atoms with Crippen molar-refractivity contribution in [3.8, 4) is 11.5 Å². The summed E-state index contributed by atoms with van der Waals surface area (Å²) >= 11 is 0. The third-order valence-corrected chi connectivity index (χ3v) is 3.43. The fourth-order valence-corrected chi connectivity index (χ4v) is 1.91. The van der Waals surface area contributed by atoms with Crippen LogP contribution in [-0.2, 0) is 6.18 Å². The van der Waals surface area contributed by atoms with Crippen LogP contribution in [0.25, 0.3) is 11.5 Å². The van der Waals surface area contributed by atoms with Gasteiger partial charge < -0.3 is 10.6 Å². The van der Waals surface area contributed by atoms with E-state index in [0.717, 1.165) is 18.9 Å². The molecule has 0 saturated heterocycles. The summed E-state index contributed by atoms with van der Waals surface area (Å²) < 4.78 is 38.7. The molecular weight excluding hydrogens is 333 g/mol. The summed E-state index contributed by atoms with van der Waals surface area (Å²) in [7, 11) is 0. The smallest absolute Gasteiger partial charge is 0.354 e. The van der Waals surface area contributed by atoms with Gasteiger partial charge >= 0.3 is 6.18 Å². The third-order valence-electron chi connectivity index (χ3n) is 3.43. The Kier molecular flexibility index (Phi) is 6.11. The number of aromatic nitrogens is 4. The average Bonchev–Trinajstić information content (AvgIpc) is 2.59. The van der Waals surface area contributed by atoms with E-state index in [2.05, 4.69) is 30.6 Å². The van der Waals surface area contributed by atoms with Crippen molar-refractivity contribution in [3.05, 3.63) is 23.9 Å². The van der Waals surface area contributed by atoms with Crippen LogP contribution in [0.5, 0.6) is 0 Å². The molecule has 136 valence electrons. The SMILES string of the molecule is CCCNc1nc(N[C@H](C)CC)nc(-c2cccc(C(F)(F)F)n2)n1. The molecule has 25 heavy (non-hydrogen) atoms. The lowest BCUT2D eigenvalue weighted by Gasteiger charge is -2.14. The van der Waals surface area contributed by atoms with Crippen LogP contribution in [0.1, 0.15) is 39.3 Å². The predicted molar refractivity (Wildman–Crippen MR) is 90.2 cm³/mol. The van der Waals surface area contributed by atoms with E-state index in [9.17, 15) is 13.2 Å². The Morgan fingerprint density at radius 1 is 1.04 bits per heavy atom. The highest BCUT2D eigenvalue weighted by Gasteiger charge is 2.32. The molecule has 1 atom stereocenters. The topological polar surface area (TPSA) is 75.6 Å². The van der Waals surface area contributed by atoms with Gasteiger partial charge in [0.1, 0.15) is 11.4 Å². The van der Waals surface area contributed by atoms with E-state index < -0.39 is 11.9 Å². The molecule has 0 radical (unpaired) electrons. The maximum atomic E-state index is 12.9. The average molecular weight is 354 g/mol. The van der Waals surface area contributed by atoms with E-state index in [0.29, 0.717) is 18.4 Å². The molecule has 0 spiro atoms. The summed E-state index contributed by atoms with van der Waals surface area (Å²) in [6, 6.07) is 3.76. The van der Waals surface area contributed by atoms with Gasteiger partial charge in [0.25, 0.3) is 0 Å². The van der Waals surface area contributed by atoms with Crippen LogP contribution in [0.15, 0.2) is 18.2 Å². The highest BCUT2D eigenvalue weighted by molar-refractivity contribution is 5.54. The molecule has 2 aromatic rings. The molecule has 9 heteroatoms. The molecule has 2 aromatic heterocycles. The molecule has 0 amide bonds. The molecule has 6 nitrogen and oxygen atoms in total. The van der Waals surface area contributed by atoms with Crippen molar-refractivity contribution in [3.63, 3.8) is 0 Å². The number of hydrogen-bond donors (Lipinski definition) is 2. The zero-order valence-electron chi connectivity index (χ0n) is 14.4. The number of pyridine rings is 1. The highest BCUT2D eigenvalue weighted by atomic mass is 19.4. The van der Waals surface area contributed by atoms with Crippen molar-refractivity contribution in [1.82, 2.24) is 19.9 Å². The third kappa shape index (κ3) is 5.27. The van der Waals surface area contributed by atoms with Crippen LogP contribution < -0.4 is 10.6 Å². The zero-order valence-corrected chi connectivity index (χ0v) is 14.4. The Labute approximate surface area is 144 Å². The molecule has 0 bridgehead atoms. The Hall–Kier alpha value is -2.45. The van der Waals surface area contributed by atoms with Gasteiger partial charge in [-0.2, -0.15) is 28.1 Å². The lowest BCUT2D eigenvalue weighted by molar-refractivity contribution is -0.141. The van der Waals surface area contributed by atoms with Crippen LogP contribution in [-0.4, -0.2) is 32.5 Å². The van der Waals surface area contributed by atoms with Crippen molar-refractivity contribution in [2.24, 2.45) is 0 Å². The minimum Gasteiger partial charge on any atom is -0.354 e. The Balaban J connectivity index is 2.43. The number of hydrogen-bond acceptors (Lipinski definition) is 6. The van der Waals surface area contributed by atoms with Crippen LogP contribution in [0, 0.1) is 0 Å². The van der Waals surface area contributed by atoms with Gasteiger partial charge in [0, 0.05) is 12.6 Å². The van der Waals surface area contributed by atoms with Crippen molar-refractivity contribution in [1.29, 1.82) is 0 Å². The molecule has 0 aliphatic carbocycles. The first-order valence-corrected chi connectivity index (χ1v) is 8.14. The van der Waals surface area contributed by atoms with Crippen LogP contribution in [0.4, 0.5) is 25.1 Å². The first kappa shape index (κ1) is 18.9. The van der Waals surface area contributed by atoms with Gasteiger partial charge in [0.05, 0.1) is 0 Å². The second kappa shape index (κ2) is 8.09. The number of anilines is 2. The maximum Gasteiger partial charge on any atom is 0.433 e. The lowest BCUT2D eigenvalue weighted by atomic mass is 10.2. The highest BCUT2D eigenvalue weighted by Crippen LogP contribution is 2.29. The Morgan fingerprint density at radius 3 is 2.40 bits per heavy atom. The number of alkyl halides is 3. The van der Waals surface area contributed by atoms with E-state index in [-0.39, 0.29) is 17.6 Å². The quantitative estimate of drug-likeness (QED) is 0.783. The maximum absolute atomic E-state index is 12.9. The summed E-state index contributed by atoms with van der Waals surface area (Å²) in [5.74, 6) is 0.694. The second-order valence-electron chi connectivity index (χ2n) is 5.59. The Bertz CT molecular complexity index is 705. The fraction of sp³-hybridized carbons (Fsp3) is 0.500. The van der Waals surface area contributed by atoms with E-state index in [1.807, 2.05) is 20.8 Å². The minimum atomic E-state index is -4.52. The van der Waals surface area contributed by atoms with E-state index >= 15 is 0 Å². The van der Waals surface area contributed by atoms with Crippen LogP contribution in [0.3, 0.4) is 0 Å². The lowest BCUT2D eigenvalue weighted by Crippen LogP contribution is -2.18. The normalized spacial score (nSPS) is 12.7. The fourth-order valence-electron chi connectivity index (χ4n) is 1.91. The van der Waals surface area contributed by atoms with Gasteiger partial charge in [-0.3, -0.25) is 0 Å². The summed E-state index contributed by atoms with van der Waals surface area (Å²) in [5.41, 5.74) is -0.936. The van der Waals surface area contributed by atoms with Crippen molar-refractivity contribution < 1.29 is 13.2 Å². The van der Waals surface area contributed by atoms with Crippen molar-refractivity contribution in [2.45, 2.75) is 45.8 Å². The van der Waals surface area contributed by atoms with E-state index in [4.69, 9.17) is 0 Å². The summed E-state index contributed by atoms with van der Waals surface area (Å²) in [6.45, 7) is 6.60. The van der Waals surface area contributed by atoms with Gasteiger partial charge in [-0.15, -0.1) is 0 Å². The number of nitrogens with zero attached hydrogens (tertiary/aromatic N) is 4. The molecule has 0 aliphatic rings. The molecule has 0 saturated carbocycles. The largest absolute Gasteiger partial charge is 0.433 e. The van der Waals surface area contributed by atoms with Crippen molar-refractivity contribution in [2.75, 3.05) is 17.2 Å². The minimum absolute atomic E-state index is 0.0453. The first-order chi connectivity index (χ1) is 11.8. The second-order valence-corrected chi connectivity index (χ2v) is 5.59. The number of nitrogens with one attached hydrogen (secondary N) is 2. The monoisotopic (exact) mass is 354 g/mol. The summed E-state index contributed by atoms with van der Waals surface area (Å²) in [5, 5.41) is 6.14. The predicted octanol–water partition coefficient (Wildman–Crippen LogP) is 3.98. The number of rotatable bonds is 7. The van der Waals surface area contributed by atoms with E-state index in [1.54, 1.807) is 0 Å². The van der Waals surface area contributed by atoms with E-state index in [1.165, 1.54) is 12.1 Å². The number of halogens is 3.